The summed E-state index contributed by atoms with van der Waals surface area (Å²) < 4.78 is 33.2. The number of hydrogen-bond donors (Lipinski definition) is 2. The number of nitrogens with one attached hydrogen (secondary N) is 1. The highest BCUT2D eigenvalue weighted by Crippen LogP contribution is 2.28. The van der Waals surface area contributed by atoms with Gasteiger partial charge >= 0.3 is 5.97 Å². The molecule has 8 heteroatoms. The van der Waals surface area contributed by atoms with E-state index in [0.29, 0.717) is 49.0 Å². The van der Waals surface area contributed by atoms with Crippen LogP contribution in [0, 0.1) is 13.8 Å². The Balaban J connectivity index is 1.61. The highest BCUT2D eigenvalue weighted by molar-refractivity contribution is 7.92. The third-order valence-corrected chi connectivity index (χ3v) is 8.49. The van der Waals surface area contributed by atoms with E-state index in [1.165, 1.54) is 0 Å². The van der Waals surface area contributed by atoms with E-state index in [1.54, 1.807) is 36.4 Å². The van der Waals surface area contributed by atoms with Crippen molar-refractivity contribution in [2.24, 2.45) is 0 Å². The largest absolute Gasteiger partial charge is 0.489 e. The molecule has 4 rings (SSSR count). The third kappa shape index (κ3) is 6.32. The summed E-state index contributed by atoms with van der Waals surface area (Å²) in [5, 5.41) is 11.8. The molecular formula is C28H32N2O5S. The zero-order chi connectivity index (χ0) is 25.7. The Bertz CT molecular complexity index is 1300. The lowest BCUT2D eigenvalue weighted by atomic mass is 10.1. The van der Waals surface area contributed by atoms with E-state index in [0.717, 1.165) is 22.3 Å². The van der Waals surface area contributed by atoms with Crippen molar-refractivity contribution < 1.29 is 23.1 Å². The molecule has 190 valence electrons. The van der Waals surface area contributed by atoms with Gasteiger partial charge in [-0.2, -0.15) is 0 Å². The predicted octanol–water partition coefficient (Wildman–Crippen LogP) is 3.71. The Morgan fingerprint density at radius 1 is 1.00 bits per heavy atom. The van der Waals surface area contributed by atoms with Gasteiger partial charge in [0.25, 0.3) is 0 Å². The zero-order valence-corrected chi connectivity index (χ0v) is 21.4. The molecule has 1 fully saturated rings. The number of rotatable bonds is 9. The van der Waals surface area contributed by atoms with Gasteiger partial charge in [0, 0.05) is 31.7 Å². The van der Waals surface area contributed by atoms with Crippen LogP contribution in [0.5, 0.6) is 5.75 Å². The number of nitrogens with zero attached hydrogens (tertiary/aromatic N) is 1. The Hall–Kier alpha value is -3.20. The van der Waals surface area contributed by atoms with Gasteiger partial charge in [-0.05, 0) is 43.2 Å². The Kier molecular flexibility index (Phi) is 8.08. The van der Waals surface area contributed by atoms with Crippen LogP contribution < -0.4 is 10.1 Å². The van der Waals surface area contributed by atoms with E-state index in [4.69, 9.17) is 4.74 Å². The summed E-state index contributed by atoms with van der Waals surface area (Å²) in [6, 6.07) is 20.3. The summed E-state index contributed by atoms with van der Waals surface area (Å²) in [5.74, 6) is -0.300. The lowest BCUT2D eigenvalue weighted by Crippen LogP contribution is -2.54. The minimum Gasteiger partial charge on any atom is -0.489 e. The van der Waals surface area contributed by atoms with Crippen LogP contribution >= 0.6 is 0 Å². The van der Waals surface area contributed by atoms with Crippen molar-refractivity contribution in [3.63, 3.8) is 0 Å². The van der Waals surface area contributed by atoms with Crippen molar-refractivity contribution in [3.8, 4) is 5.75 Å². The van der Waals surface area contributed by atoms with Crippen LogP contribution in [-0.4, -0.2) is 49.4 Å². The number of benzene rings is 3. The molecule has 1 aliphatic rings. The normalized spacial score (nSPS) is 16.6. The quantitative estimate of drug-likeness (QED) is 0.455. The lowest BCUT2D eigenvalue weighted by molar-refractivity contribution is -0.136. The summed E-state index contributed by atoms with van der Waals surface area (Å²) >= 11 is 0. The maximum absolute atomic E-state index is 13.5. The maximum Gasteiger partial charge on any atom is 0.307 e. The smallest absolute Gasteiger partial charge is 0.307 e. The van der Waals surface area contributed by atoms with Crippen LogP contribution in [0.3, 0.4) is 0 Å². The van der Waals surface area contributed by atoms with Crippen LogP contribution in [0.1, 0.15) is 27.8 Å². The van der Waals surface area contributed by atoms with E-state index in [1.807, 2.05) is 49.1 Å². The van der Waals surface area contributed by atoms with Crippen LogP contribution in [0.25, 0.3) is 0 Å². The van der Waals surface area contributed by atoms with Gasteiger partial charge in [-0.1, -0.05) is 59.7 Å². The molecule has 1 unspecified atom stereocenters. The molecule has 0 saturated carbocycles. The van der Waals surface area contributed by atoms with E-state index < -0.39 is 21.2 Å². The molecule has 0 spiro atoms. The molecule has 0 radical (unpaired) electrons. The number of aliphatic carboxylic acids is 1. The average Bonchev–Trinajstić information content (AvgIpc) is 2.85. The molecule has 0 aromatic heterocycles. The molecule has 1 saturated heterocycles. The van der Waals surface area contributed by atoms with E-state index in [9.17, 15) is 18.3 Å². The van der Waals surface area contributed by atoms with Crippen molar-refractivity contribution in [3.05, 3.63) is 94.5 Å². The second kappa shape index (κ2) is 11.2. The van der Waals surface area contributed by atoms with Crippen molar-refractivity contribution >= 4 is 15.8 Å². The number of hydrogen-bond acceptors (Lipinski definition) is 6. The number of ether oxygens (including phenoxy) is 1. The topological polar surface area (TPSA) is 95.9 Å². The van der Waals surface area contributed by atoms with Gasteiger partial charge in [-0.3, -0.25) is 9.69 Å². The van der Waals surface area contributed by atoms with Gasteiger partial charge in [-0.25, -0.2) is 8.42 Å². The van der Waals surface area contributed by atoms with Gasteiger partial charge in [-0.15, -0.1) is 0 Å². The minimum atomic E-state index is -3.62. The lowest BCUT2D eigenvalue weighted by Gasteiger charge is -2.36. The number of carbonyl (C=O) groups is 1. The first-order valence-corrected chi connectivity index (χ1v) is 13.5. The molecule has 2 N–H and O–H groups in total. The predicted molar refractivity (Wildman–Crippen MR) is 139 cm³/mol. The van der Waals surface area contributed by atoms with Gasteiger partial charge in [0.05, 0.1) is 11.3 Å². The van der Waals surface area contributed by atoms with Crippen molar-refractivity contribution in [1.29, 1.82) is 0 Å². The van der Waals surface area contributed by atoms with Crippen molar-refractivity contribution in [1.82, 2.24) is 10.2 Å². The Labute approximate surface area is 212 Å². The number of carboxylic acid groups (broad SMARTS) is 1. The standard InChI is InChI=1S/C28H32N2O5S/c1-20-3-7-22(8-4-20)19-35-26-12-9-23(16-28(31)32)15-24(26)18-30-14-13-29-17-27(30)36(33,34)25-10-5-21(2)6-11-25/h3-12,15,27,29H,13-14,16-19H2,1-2H3,(H,31,32). The van der Waals surface area contributed by atoms with E-state index >= 15 is 0 Å². The minimum absolute atomic E-state index is 0.113. The fraction of sp³-hybridized carbons (Fsp3) is 0.321. The fourth-order valence-corrected chi connectivity index (χ4v) is 6.08. The second-order valence-corrected chi connectivity index (χ2v) is 11.4. The Morgan fingerprint density at radius 3 is 2.31 bits per heavy atom. The number of piperazine rings is 1. The third-order valence-electron chi connectivity index (χ3n) is 6.38. The van der Waals surface area contributed by atoms with Gasteiger partial charge in [0.1, 0.15) is 17.7 Å². The van der Waals surface area contributed by atoms with Crippen LogP contribution in [0.2, 0.25) is 0 Å². The average molecular weight is 509 g/mol. The summed E-state index contributed by atoms with van der Waals surface area (Å²) in [4.78, 5) is 13.6. The molecule has 1 aliphatic heterocycles. The fourth-order valence-electron chi connectivity index (χ4n) is 4.34. The first-order chi connectivity index (χ1) is 17.2. The number of carboxylic acids is 1. The maximum atomic E-state index is 13.5. The molecule has 7 nitrogen and oxygen atoms in total. The summed E-state index contributed by atoms with van der Waals surface area (Å²) in [5.41, 5.74) is 4.60. The van der Waals surface area contributed by atoms with Crippen LogP contribution in [0.15, 0.2) is 71.6 Å². The molecular weight excluding hydrogens is 476 g/mol. The monoisotopic (exact) mass is 508 g/mol. The second-order valence-electron chi connectivity index (χ2n) is 9.27. The highest BCUT2D eigenvalue weighted by atomic mass is 32.2. The summed E-state index contributed by atoms with van der Waals surface area (Å²) in [6.45, 7) is 6.15. The van der Waals surface area contributed by atoms with Crippen molar-refractivity contribution in [2.75, 3.05) is 19.6 Å². The van der Waals surface area contributed by atoms with E-state index in [-0.39, 0.29) is 6.42 Å². The molecule has 0 bridgehead atoms. The van der Waals surface area contributed by atoms with Gasteiger partial charge in [0.2, 0.25) is 0 Å². The van der Waals surface area contributed by atoms with Crippen LogP contribution in [-0.2, 0) is 34.2 Å². The molecule has 1 heterocycles. The van der Waals surface area contributed by atoms with Crippen LogP contribution in [0.4, 0.5) is 0 Å². The first kappa shape index (κ1) is 25.9. The molecule has 3 aromatic carbocycles. The first-order valence-electron chi connectivity index (χ1n) is 12.0. The summed E-state index contributed by atoms with van der Waals surface area (Å²) in [7, 11) is -3.62. The molecule has 36 heavy (non-hydrogen) atoms. The number of aryl methyl sites for hydroxylation is 2. The van der Waals surface area contributed by atoms with E-state index in [2.05, 4.69) is 5.32 Å². The van der Waals surface area contributed by atoms with Gasteiger partial charge < -0.3 is 15.2 Å². The van der Waals surface area contributed by atoms with Gasteiger partial charge in [0.15, 0.2) is 9.84 Å². The number of sulfone groups is 1. The summed E-state index contributed by atoms with van der Waals surface area (Å²) in [6.07, 6.45) is -0.113. The molecule has 1 atom stereocenters. The Morgan fingerprint density at radius 2 is 1.64 bits per heavy atom. The highest BCUT2D eigenvalue weighted by Gasteiger charge is 2.35. The molecule has 3 aromatic rings. The SMILES string of the molecule is Cc1ccc(COc2ccc(CC(=O)O)cc2CN2CCNCC2S(=O)(=O)c2ccc(C)cc2)cc1. The zero-order valence-electron chi connectivity index (χ0n) is 20.6. The molecule has 0 amide bonds. The molecule has 0 aliphatic carbocycles. The van der Waals surface area contributed by atoms with Crippen molar-refractivity contribution in [2.45, 2.75) is 43.7 Å².